The summed E-state index contributed by atoms with van der Waals surface area (Å²) >= 11 is 1.50. The van der Waals surface area contributed by atoms with Gasteiger partial charge in [-0.3, -0.25) is 4.79 Å². The summed E-state index contributed by atoms with van der Waals surface area (Å²) in [4.78, 5) is 15.5. The zero-order chi connectivity index (χ0) is 9.84. The molecule has 0 fully saturated rings. The van der Waals surface area contributed by atoms with Gasteiger partial charge < -0.3 is 5.32 Å². The van der Waals surface area contributed by atoms with E-state index in [0.29, 0.717) is 0 Å². The summed E-state index contributed by atoms with van der Waals surface area (Å²) in [5.41, 5.74) is 0. The number of hydrogen-bond donors (Lipinski definition) is 1. The Kier molecular flexibility index (Phi) is 3.42. The van der Waals surface area contributed by atoms with E-state index in [9.17, 15) is 4.79 Å². The van der Waals surface area contributed by atoms with Gasteiger partial charge in [0.2, 0.25) is 5.91 Å². The van der Waals surface area contributed by atoms with E-state index in [0.717, 1.165) is 16.4 Å². The highest BCUT2D eigenvalue weighted by Gasteiger charge is 2.11. The maximum absolute atomic E-state index is 11.4. The fourth-order valence-corrected chi connectivity index (χ4v) is 1.53. The molecule has 0 aliphatic heterocycles. The molecule has 1 amide bonds. The van der Waals surface area contributed by atoms with Crippen LogP contribution in [0.5, 0.6) is 0 Å². The molecule has 0 aromatic carbocycles. The molecule has 0 radical (unpaired) electrons. The van der Waals surface area contributed by atoms with E-state index < -0.39 is 0 Å². The average Bonchev–Trinajstić information content (AvgIpc) is 2.49. The summed E-state index contributed by atoms with van der Waals surface area (Å²) in [5.74, 6) is 0.147. The molecule has 1 aromatic rings. The molecule has 1 unspecified atom stereocenters. The topological polar surface area (TPSA) is 42.0 Å². The third-order valence-corrected chi connectivity index (χ3v) is 2.76. The first-order valence-electron chi connectivity index (χ1n) is 4.36. The minimum absolute atomic E-state index is 0.0717. The van der Waals surface area contributed by atoms with E-state index in [1.54, 1.807) is 6.20 Å². The quantitative estimate of drug-likeness (QED) is 0.810. The predicted molar refractivity (Wildman–Crippen MR) is 54.9 cm³/mol. The lowest BCUT2D eigenvalue weighted by atomic mass is 10.1. The first-order valence-corrected chi connectivity index (χ1v) is 5.18. The summed E-state index contributed by atoms with van der Waals surface area (Å²) in [6, 6.07) is 0. The van der Waals surface area contributed by atoms with Gasteiger partial charge in [0.15, 0.2) is 0 Å². The largest absolute Gasteiger partial charge is 0.316 e. The summed E-state index contributed by atoms with van der Waals surface area (Å²) in [5, 5.41) is 4.64. The van der Waals surface area contributed by atoms with Crippen molar-refractivity contribution < 1.29 is 4.79 Å². The van der Waals surface area contributed by atoms with Gasteiger partial charge in [-0.15, -0.1) is 11.3 Å². The van der Waals surface area contributed by atoms with Gasteiger partial charge in [0.25, 0.3) is 0 Å². The summed E-state index contributed by atoms with van der Waals surface area (Å²) in [6.45, 7) is 5.84. The highest BCUT2D eigenvalue weighted by molar-refractivity contribution is 7.15. The fraction of sp³-hybridized carbons (Fsp3) is 0.556. The molecule has 0 spiro atoms. The lowest BCUT2D eigenvalue weighted by Crippen LogP contribution is -2.18. The molecule has 1 N–H and O–H groups in total. The molecule has 72 valence electrons. The van der Waals surface area contributed by atoms with Crippen LogP contribution < -0.4 is 5.32 Å². The number of carbonyl (C=O) groups excluding carboxylic acids is 1. The molecule has 1 atom stereocenters. The van der Waals surface area contributed by atoms with Crippen LogP contribution in [0.3, 0.4) is 0 Å². The lowest BCUT2D eigenvalue weighted by Gasteiger charge is -2.06. The smallest absolute Gasteiger partial charge is 0.227 e. The number of nitrogens with one attached hydrogen (secondary N) is 1. The zero-order valence-corrected chi connectivity index (χ0v) is 8.94. The summed E-state index contributed by atoms with van der Waals surface area (Å²) in [6.07, 6.45) is 2.56. The van der Waals surface area contributed by atoms with E-state index in [-0.39, 0.29) is 11.8 Å². The number of aromatic nitrogens is 1. The maximum Gasteiger partial charge on any atom is 0.227 e. The van der Waals surface area contributed by atoms with Crippen LogP contribution in [-0.2, 0) is 4.79 Å². The van der Waals surface area contributed by atoms with Crippen LogP contribution in [0, 0.1) is 12.8 Å². The minimum Gasteiger partial charge on any atom is -0.316 e. The van der Waals surface area contributed by atoms with Crippen LogP contribution in [0.25, 0.3) is 0 Å². The zero-order valence-electron chi connectivity index (χ0n) is 8.13. The molecule has 0 aliphatic carbocycles. The Morgan fingerprint density at radius 1 is 1.77 bits per heavy atom. The Hall–Kier alpha value is -0.900. The van der Waals surface area contributed by atoms with Gasteiger partial charge in [-0.05, 0) is 13.3 Å². The normalized spacial score (nSPS) is 12.5. The minimum atomic E-state index is 0.0717. The van der Waals surface area contributed by atoms with Crippen molar-refractivity contribution in [2.75, 3.05) is 5.32 Å². The van der Waals surface area contributed by atoms with Crippen LogP contribution in [0.4, 0.5) is 5.00 Å². The van der Waals surface area contributed by atoms with E-state index in [1.807, 2.05) is 20.8 Å². The number of hydrogen-bond acceptors (Lipinski definition) is 3. The molecule has 0 saturated heterocycles. The predicted octanol–water partition coefficient (Wildman–Crippen LogP) is 2.44. The Labute approximate surface area is 82.2 Å². The summed E-state index contributed by atoms with van der Waals surface area (Å²) in [7, 11) is 0. The van der Waals surface area contributed by atoms with Crippen molar-refractivity contribution in [2.24, 2.45) is 5.92 Å². The van der Waals surface area contributed by atoms with Gasteiger partial charge in [0, 0.05) is 5.92 Å². The van der Waals surface area contributed by atoms with Gasteiger partial charge in [0.05, 0.1) is 11.2 Å². The first kappa shape index (κ1) is 10.2. The van der Waals surface area contributed by atoms with Crippen molar-refractivity contribution in [1.82, 2.24) is 4.98 Å². The Morgan fingerprint density at radius 3 is 2.92 bits per heavy atom. The molecule has 0 bridgehead atoms. The second-order valence-corrected chi connectivity index (χ2v) is 4.28. The third kappa shape index (κ3) is 2.81. The molecule has 13 heavy (non-hydrogen) atoms. The number of aryl methyl sites for hydroxylation is 1. The Bertz CT molecular complexity index is 296. The molecule has 0 saturated carbocycles. The second-order valence-electron chi connectivity index (χ2n) is 3.04. The van der Waals surface area contributed by atoms with E-state index in [2.05, 4.69) is 10.3 Å². The molecule has 1 aromatic heterocycles. The van der Waals surface area contributed by atoms with E-state index in [4.69, 9.17) is 0 Å². The molecular formula is C9H14N2OS. The van der Waals surface area contributed by atoms with Crippen LogP contribution in [-0.4, -0.2) is 10.9 Å². The van der Waals surface area contributed by atoms with Crippen molar-refractivity contribution in [2.45, 2.75) is 27.2 Å². The summed E-state index contributed by atoms with van der Waals surface area (Å²) < 4.78 is 0. The highest BCUT2D eigenvalue weighted by atomic mass is 32.1. The van der Waals surface area contributed by atoms with Crippen molar-refractivity contribution in [3.63, 3.8) is 0 Å². The number of rotatable bonds is 3. The van der Waals surface area contributed by atoms with Gasteiger partial charge in [-0.25, -0.2) is 4.98 Å². The van der Waals surface area contributed by atoms with Crippen LogP contribution in [0.2, 0.25) is 0 Å². The van der Waals surface area contributed by atoms with Crippen LogP contribution in [0.1, 0.15) is 25.3 Å². The number of carbonyl (C=O) groups is 1. The number of anilines is 1. The van der Waals surface area contributed by atoms with Gasteiger partial charge in [0.1, 0.15) is 5.00 Å². The standard InChI is InChI=1S/C9H14N2OS/c1-4-6(2)9(12)11-8-5-10-7(3)13-8/h5-6H,4H2,1-3H3,(H,11,12). The Morgan fingerprint density at radius 2 is 2.46 bits per heavy atom. The molecular weight excluding hydrogens is 184 g/mol. The van der Waals surface area contributed by atoms with Crippen molar-refractivity contribution in [1.29, 1.82) is 0 Å². The monoisotopic (exact) mass is 198 g/mol. The van der Waals surface area contributed by atoms with Crippen LogP contribution in [0.15, 0.2) is 6.20 Å². The van der Waals surface area contributed by atoms with E-state index >= 15 is 0 Å². The first-order chi connectivity index (χ1) is 6.13. The van der Waals surface area contributed by atoms with Crippen LogP contribution >= 0.6 is 11.3 Å². The molecule has 1 rings (SSSR count). The molecule has 1 heterocycles. The number of amides is 1. The average molecular weight is 198 g/mol. The maximum atomic E-state index is 11.4. The Balaban J connectivity index is 2.54. The van der Waals surface area contributed by atoms with Crippen molar-refractivity contribution >= 4 is 22.2 Å². The second kappa shape index (κ2) is 4.37. The fourth-order valence-electron chi connectivity index (χ4n) is 0.849. The lowest BCUT2D eigenvalue weighted by molar-refractivity contribution is -0.119. The SMILES string of the molecule is CCC(C)C(=O)Nc1cnc(C)s1. The number of nitrogens with zero attached hydrogens (tertiary/aromatic N) is 1. The van der Waals surface area contributed by atoms with Gasteiger partial charge in [-0.2, -0.15) is 0 Å². The van der Waals surface area contributed by atoms with Crippen molar-refractivity contribution in [3.05, 3.63) is 11.2 Å². The third-order valence-electron chi connectivity index (χ3n) is 1.93. The van der Waals surface area contributed by atoms with E-state index in [1.165, 1.54) is 11.3 Å². The highest BCUT2D eigenvalue weighted by Crippen LogP contribution is 2.18. The van der Waals surface area contributed by atoms with Crippen molar-refractivity contribution in [3.8, 4) is 0 Å². The number of thiazole rings is 1. The molecule has 3 nitrogen and oxygen atoms in total. The molecule has 4 heteroatoms. The molecule has 0 aliphatic rings. The van der Waals surface area contributed by atoms with Gasteiger partial charge in [-0.1, -0.05) is 13.8 Å². The van der Waals surface area contributed by atoms with Gasteiger partial charge >= 0.3 is 0 Å².